The number of aliphatic hydroxyl groups excluding tert-OH is 3. The molecule has 3 heterocycles. The lowest BCUT2D eigenvalue weighted by Gasteiger charge is -2.13. The molecule has 0 bridgehead atoms. The zero-order chi connectivity index (χ0) is 13.6. The topological polar surface area (TPSA) is 150 Å². The monoisotopic (exact) mass is 267 g/mol. The van der Waals surface area contributed by atoms with Crippen LogP contribution in [0.5, 0.6) is 0 Å². The molecule has 0 spiro atoms. The molecule has 9 heteroatoms. The molecule has 2 aromatic heterocycles. The SMILES string of the molecule is Nc1nc(C2O[C@@H](CO)[C@H](O)[C@H]2O)nc2nc[nH]c12. The van der Waals surface area contributed by atoms with Gasteiger partial charge in [-0.3, -0.25) is 0 Å². The summed E-state index contributed by atoms with van der Waals surface area (Å²) in [5.74, 6) is 0.301. The van der Waals surface area contributed by atoms with Crippen molar-refractivity contribution in [3.8, 4) is 0 Å². The predicted octanol–water partition coefficient (Wildman–Crippen LogP) is -1.91. The molecule has 1 aliphatic rings. The smallest absolute Gasteiger partial charge is 0.183 e. The van der Waals surface area contributed by atoms with Crippen LogP contribution < -0.4 is 5.73 Å². The average molecular weight is 267 g/mol. The highest BCUT2D eigenvalue weighted by Crippen LogP contribution is 2.32. The first-order valence-corrected chi connectivity index (χ1v) is 5.70. The third kappa shape index (κ3) is 1.83. The maximum Gasteiger partial charge on any atom is 0.183 e. The second kappa shape index (κ2) is 4.38. The molecule has 6 N–H and O–H groups in total. The standard InChI is InChI=1S/C10H13N5O4/c11-8-4-9(13-2-12-4)15-10(14-8)7-6(18)5(17)3(1-16)19-7/h2-3,5-7,16-18H,1H2,(H3,11,12,13,14,15)/t3-,5-,6+,7?/m0/s1. The van der Waals surface area contributed by atoms with Gasteiger partial charge in [-0.1, -0.05) is 0 Å². The number of imidazole rings is 1. The van der Waals surface area contributed by atoms with E-state index >= 15 is 0 Å². The van der Waals surface area contributed by atoms with Crippen LogP contribution in [0.15, 0.2) is 6.33 Å². The zero-order valence-electron chi connectivity index (χ0n) is 9.76. The molecule has 1 fully saturated rings. The number of nitrogen functional groups attached to an aromatic ring is 1. The van der Waals surface area contributed by atoms with Gasteiger partial charge in [0.05, 0.1) is 12.9 Å². The van der Waals surface area contributed by atoms with E-state index in [0.717, 1.165) is 0 Å². The Morgan fingerprint density at radius 1 is 1.32 bits per heavy atom. The van der Waals surface area contributed by atoms with Crippen LogP contribution >= 0.6 is 0 Å². The van der Waals surface area contributed by atoms with Gasteiger partial charge >= 0.3 is 0 Å². The van der Waals surface area contributed by atoms with Gasteiger partial charge in [0, 0.05) is 0 Å². The first-order chi connectivity index (χ1) is 9.11. The highest BCUT2D eigenvalue weighted by molar-refractivity contribution is 5.80. The number of nitrogens with two attached hydrogens (primary N) is 1. The van der Waals surface area contributed by atoms with Crippen molar-refractivity contribution in [2.45, 2.75) is 24.4 Å². The van der Waals surface area contributed by atoms with Crippen molar-refractivity contribution >= 4 is 17.0 Å². The molecule has 3 rings (SSSR count). The van der Waals surface area contributed by atoms with E-state index in [1.807, 2.05) is 0 Å². The van der Waals surface area contributed by atoms with Crippen LogP contribution in [0.4, 0.5) is 5.82 Å². The predicted molar refractivity (Wildman–Crippen MR) is 62.8 cm³/mol. The van der Waals surface area contributed by atoms with Crippen molar-refractivity contribution in [3.05, 3.63) is 12.2 Å². The van der Waals surface area contributed by atoms with Gasteiger partial charge in [-0.2, -0.15) is 0 Å². The maximum atomic E-state index is 9.89. The Hall–Kier alpha value is -1.81. The van der Waals surface area contributed by atoms with E-state index in [2.05, 4.69) is 19.9 Å². The molecule has 1 unspecified atom stereocenters. The van der Waals surface area contributed by atoms with Crippen LogP contribution in [0.3, 0.4) is 0 Å². The Morgan fingerprint density at radius 2 is 2.11 bits per heavy atom. The van der Waals surface area contributed by atoms with E-state index in [9.17, 15) is 10.2 Å². The van der Waals surface area contributed by atoms with Crippen molar-refractivity contribution < 1.29 is 20.1 Å². The van der Waals surface area contributed by atoms with Crippen LogP contribution in [0.25, 0.3) is 11.2 Å². The Kier molecular flexibility index (Phi) is 2.82. The summed E-state index contributed by atoms with van der Waals surface area (Å²) in [6.07, 6.45) is -2.82. The molecule has 1 saturated heterocycles. The van der Waals surface area contributed by atoms with Gasteiger partial charge in [0.2, 0.25) is 0 Å². The molecule has 0 amide bonds. The van der Waals surface area contributed by atoms with E-state index < -0.39 is 31.0 Å². The highest BCUT2D eigenvalue weighted by Gasteiger charge is 2.44. The molecular weight excluding hydrogens is 254 g/mol. The van der Waals surface area contributed by atoms with E-state index in [0.29, 0.717) is 11.2 Å². The third-order valence-electron chi connectivity index (χ3n) is 3.13. The van der Waals surface area contributed by atoms with E-state index in [4.69, 9.17) is 15.6 Å². The number of rotatable bonds is 2. The van der Waals surface area contributed by atoms with Gasteiger partial charge < -0.3 is 30.8 Å². The third-order valence-corrected chi connectivity index (χ3v) is 3.13. The number of aromatic amines is 1. The molecule has 19 heavy (non-hydrogen) atoms. The average Bonchev–Trinajstić information content (AvgIpc) is 2.96. The summed E-state index contributed by atoms with van der Waals surface area (Å²) in [5.41, 5.74) is 6.59. The normalized spacial score (nSPS) is 31.1. The lowest BCUT2D eigenvalue weighted by molar-refractivity contribution is -0.0251. The van der Waals surface area contributed by atoms with Crippen LogP contribution in [0, 0.1) is 0 Å². The number of anilines is 1. The number of H-pyrrole nitrogens is 1. The van der Waals surface area contributed by atoms with Gasteiger partial charge in [0.15, 0.2) is 17.3 Å². The molecule has 0 aliphatic carbocycles. The lowest BCUT2D eigenvalue weighted by atomic mass is 10.1. The molecular formula is C10H13N5O4. The summed E-state index contributed by atoms with van der Waals surface area (Å²) in [6, 6.07) is 0. The second-order valence-electron chi connectivity index (χ2n) is 4.33. The molecule has 0 radical (unpaired) electrons. The van der Waals surface area contributed by atoms with Crippen LogP contribution in [-0.2, 0) is 4.74 Å². The minimum atomic E-state index is -1.23. The van der Waals surface area contributed by atoms with Crippen molar-refractivity contribution in [3.63, 3.8) is 0 Å². The fraction of sp³-hybridized carbons (Fsp3) is 0.500. The molecule has 0 saturated carbocycles. The number of ether oxygens (including phenoxy) is 1. The van der Waals surface area contributed by atoms with Crippen LogP contribution in [0.1, 0.15) is 11.9 Å². The fourth-order valence-electron chi connectivity index (χ4n) is 2.11. The molecule has 9 nitrogen and oxygen atoms in total. The van der Waals surface area contributed by atoms with Gasteiger partial charge in [0.1, 0.15) is 29.9 Å². The quantitative estimate of drug-likeness (QED) is 0.423. The Labute approximate surface area is 107 Å². The fourth-order valence-corrected chi connectivity index (χ4v) is 2.11. The van der Waals surface area contributed by atoms with Crippen molar-refractivity contribution in [1.29, 1.82) is 0 Å². The summed E-state index contributed by atoms with van der Waals surface area (Å²) in [4.78, 5) is 14.9. The van der Waals surface area contributed by atoms with Gasteiger partial charge in [-0.05, 0) is 0 Å². The molecule has 102 valence electrons. The number of hydrogen-bond donors (Lipinski definition) is 5. The number of nitrogens with zero attached hydrogens (tertiary/aromatic N) is 3. The Morgan fingerprint density at radius 3 is 2.79 bits per heavy atom. The largest absolute Gasteiger partial charge is 0.394 e. The van der Waals surface area contributed by atoms with Crippen molar-refractivity contribution in [2.24, 2.45) is 0 Å². The summed E-state index contributed by atoms with van der Waals surface area (Å²) < 4.78 is 5.33. The zero-order valence-corrected chi connectivity index (χ0v) is 9.76. The minimum absolute atomic E-state index is 0.125. The van der Waals surface area contributed by atoms with Crippen LogP contribution in [-0.4, -0.2) is 60.2 Å². The molecule has 2 aromatic rings. The van der Waals surface area contributed by atoms with E-state index in [-0.39, 0.29) is 11.6 Å². The van der Waals surface area contributed by atoms with Gasteiger partial charge in [-0.25, -0.2) is 15.0 Å². The van der Waals surface area contributed by atoms with E-state index in [1.54, 1.807) is 0 Å². The van der Waals surface area contributed by atoms with Crippen molar-refractivity contribution in [1.82, 2.24) is 19.9 Å². The summed E-state index contributed by atoms with van der Waals surface area (Å²) in [6.45, 7) is -0.408. The number of aromatic nitrogens is 4. The molecule has 0 aromatic carbocycles. The summed E-state index contributed by atoms with van der Waals surface area (Å²) in [5, 5.41) is 28.6. The molecule has 4 atom stereocenters. The summed E-state index contributed by atoms with van der Waals surface area (Å²) >= 11 is 0. The highest BCUT2D eigenvalue weighted by atomic mass is 16.6. The van der Waals surface area contributed by atoms with E-state index in [1.165, 1.54) is 6.33 Å². The Balaban J connectivity index is 2.00. The second-order valence-corrected chi connectivity index (χ2v) is 4.33. The summed E-state index contributed by atoms with van der Waals surface area (Å²) in [7, 11) is 0. The number of nitrogens with one attached hydrogen (secondary N) is 1. The van der Waals surface area contributed by atoms with Crippen molar-refractivity contribution in [2.75, 3.05) is 12.3 Å². The Bertz CT molecular complexity index is 603. The molecule has 1 aliphatic heterocycles. The minimum Gasteiger partial charge on any atom is -0.394 e. The van der Waals surface area contributed by atoms with Gasteiger partial charge in [-0.15, -0.1) is 0 Å². The lowest BCUT2D eigenvalue weighted by Crippen LogP contribution is -2.32. The number of fused-ring (bicyclic) bond motifs is 1. The maximum absolute atomic E-state index is 9.89. The van der Waals surface area contributed by atoms with Crippen LogP contribution in [0.2, 0.25) is 0 Å². The number of hydrogen-bond acceptors (Lipinski definition) is 8. The first-order valence-electron chi connectivity index (χ1n) is 5.70. The first kappa shape index (κ1) is 12.2. The van der Waals surface area contributed by atoms with Gasteiger partial charge in [0.25, 0.3) is 0 Å². The number of aliphatic hydroxyl groups is 3.